The van der Waals surface area contributed by atoms with Gasteiger partial charge in [-0.3, -0.25) is 19.7 Å². The highest BCUT2D eigenvalue weighted by Gasteiger charge is 2.13. The van der Waals surface area contributed by atoms with Crippen molar-refractivity contribution < 1.29 is 24.0 Å². The maximum atomic E-state index is 11.8. The van der Waals surface area contributed by atoms with Gasteiger partial charge in [0, 0.05) is 17.8 Å². The topological polar surface area (TPSA) is 132 Å². The maximum Gasteiger partial charge on any atom is 0.329 e. The van der Waals surface area contributed by atoms with Gasteiger partial charge in [0.15, 0.2) is 11.5 Å². The van der Waals surface area contributed by atoms with Crippen molar-refractivity contribution in [3.63, 3.8) is 0 Å². The highest BCUT2D eigenvalue weighted by Crippen LogP contribution is 2.26. The van der Waals surface area contributed by atoms with Crippen molar-refractivity contribution in [1.29, 1.82) is 0 Å². The molecule has 2 amide bonds. The van der Waals surface area contributed by atoms with Crippen molar-refractivity contribution in [2.24, 2.45) is 5.10 Å². The van der Waals surface area contributed by atoms with Crippen LogP contribution in [-0.2, 0) is 9.59 Å². The number of carbonyl (C=O) groups excluding carboxylic acids is 2. The number of nitro benzene ring substituents is 1. The summed E-state index contributed by atoms with van der Waals surface area (Å²) < 4.78 is 10.3. The quantitative estimate of drug-likeness (QED) is 0.343. The lowest BCUT2D eigenvalue weighted by molar-refractivity contribution is -0.384. The predicted octanol–water partition coefficient (Wildman–Crippen LogP) is 1.70. The summed E-state index contributed by atoms with van der Waals surface area (Å²) in [6.07, 6.45) is 1.33. The van der Waals surface area contributed by atoms with Crippen LogP contribution >= 0.6 is 0 Å². The van der Waals surface area contributed by atoms with Gasteiger partial charge in [0.05, 0.1) is 25.4 Å². The molecular weight excluding hydrogens is 356 g/mol. The lowest BCUT2D eigenvalue weighted by atomic mass is 10.2. The van der Waals surface area contributed by atoms with E-state index >= 15 is 0 Å². The fraction of sp³-hybridized carbons (Fsp3) is 0.118. The van der Waals surface area contributed by atoms with Gasteiger partial charge in [-0.15, -0.1) is 0 Å². The van der Waals surface area contributed by atoms with E-state index in [1.807, 2.05) is 0 Å². The molecule has 0 saturated carbocycles. The molecule has 27 heavy (non-hydrogen) atoms. The Bertz CT molecular complexity index is 879. The van der Waals surface area contributed by atoms with E-state index in [-0.39, 0.29) is 11.4 Å². The zero-order valence-electron chi connectivity index (χ0n) is 14.5. The summed E-state index contributed by atoms with van der Waals surface area (Å²) in [5.41, 5.74) is 2.81. The number of amides is 2. The molecule has 0 aliphatic carbocycles. The van der Waals surface area contributed by atoms with Crippen LogP contribution in [0.1, 0.15) is 5.56 Å². The maximum absolute atomic E-state index is 11.8. The Morgan fingerprint density at radius 3 is 2.30 bits per heavy atom. The summed E-state index contributed by atoms with van der Waals surface area (Å²) in [7, 11) is 3.00. The highest BCUT2D eigenvalue weighted by atomic mass is 16.6. The first-order valence-electron chi connectivity index (χ1n) is 7.55. The lowest BCUT2D eigenvalue weighted by Crippen LogP contribution is -2.32. The van der Waals surface area contributed by atoms with E-state index in [9.17, 15) is 19.7 Å². The van der Waals surface area contributed by atoms with E-state index in [0.29, 0.717) is 17.1 Å². The number of ether oxygens (including phenoxy) is 2. The molecule has 0 aliphatic rings. The molecule has 0 unspecified atom stereocenters. The number of methoxy groups -OCH3 is 2. The Kier molecular flexibility index (Phi) is 6.42. The summed E-state index contributed by atoms with van der Waals surface area (Å²) in [6, 6.07) is 10.1. The molecule has 0 spiro atoms. The fourth-order valence-electron chi connectivity index (χ4n) is 2.00. The Balaban J connectivity index is 1.93. The molecule has 0 bridgehead atoms. The lowest BCUT2D eigenvalue weighted by Gasteiger charge is -2.07. The second-order valence-corrected chi connectivity index (χ2v) is 5.07. The number of benzene rings is 2. The number of non-ortho nitro benzene ring substituents is 1. The number of anilines is 1. The molecule has 0 aromatic heterocycles. The van der Waals surface area contributed by atoms with E-state index in [0.717, 1.165) is 0 Å². The normalized spacial score (nSPS) is 10.3. The molecule has 2 aromatic carbocycles. The van der Waals surface area contributed by atoms with E-state index in [2.05, 4.69) is 15.8 Å². The van der Waals surface area contributed by atoms with Gasteiger partial charge in [0.1, 0.15) is 0 Å². The third-order valence-electron chi connectivity index (χ3n) is 3.33. The molecule has 0 fully saturated rings. The van der Waals surface area contributed by atoms with Gasteiger partial charge >= 0.3 is 11.8 Å². The Morgan fingerprint density at radius 1 is 1.04 bits per heavy atom. The molecule has 10 heteroatoms. The summed E-state index contributed by atoms with van der Waals surface area (Å²) >= 11 is 0. The minimum atomic E-state index is -0.995. The van der Waals surface area contributed by atoms with Crippen LogP contribution in [0.15, 0.2) is 47.6 Å². The second-order valence-electron chi connectivity index (χ2n) is 5.07. The molecule has 0 saturated heterocycles. The van der Waals surface area contributed by atoms with Gasteiger partial charge < -0.3 is 14.8 Å². The van der Waals surface area contributed by atoms with Crippen molar-refractivity contribution in [2.75, 3.05) is 19.5 Å². The predicted molar refractivity (Wildman–Crippen MR) is 97.0 cm³/mol. The molecule has 2 rings (SSSR count). The zero-order chi connectivity index (χ0) is 19.8. The van der Waals surface area contributed by atoms with Crippen molar-refractivity contribution >= 4 is 29.4 Å². The SMILES string of the molecule is COc1ccc(/C=N\NC(=O)C(=O)Nc2ccc([N+](=O)[O-])cc2)cc1OC. The molecule has 0 radical (unpaired) electrons. The summed E-state index contributed by atoms with van der Waals surface area (Å²) in [4.78, 5) is 33.5. The molecule has 0 aliphatic heterocycles. The Labute approximate surface area is 153 Å². The number of hydrazone groups is 1. The third kappa shape index (κ3) is 5.26. The van der Waals surface area contributed by atoms with Crippen LogP contribution in [0.2, 0.25) is 0 Å². The average molecular weight is 372 g/mol. The number of nitrogens with zero attached hydrogens (tertiary/aromatic N) is 2. The van der Waals surface area contributed by atoms with E-state index in [1.165, 1.54) is 44.7 Å². The minimum Gasteiger partial charge on any atom is -0.493 e. The van der Waals surface area contributed by atoms with E-state index < -0.39 is 16.7 Å². The molecule has 140 valence electrons. The van der Waals surface area contributed by atoms with Gasteiger partial charge in [-0.1, -0.05) is 0 Å². The van der Waals surface area contributed by atoms with Crippen LogP contribution in [0.5, 0.6) is 11.5 Å². The van der Waals surface area contributed by atoms with Crippen molar-refractivity contribution in [1.82, 2.24) is 5.43 Å². The smallest absolute Gasteiger partial charge is 0.329 e. The number of nitrogens with one attached hydrogen (secondary N) is 2. The standard InChI is InChI=1S/C17H16N4O6/c1-26-14-8-3-11(9-15(14)27-2)10-18-20-17(23)16(22)19-12-4-6-13(7-5-12)21(24)25/h3-10H,1-2H3,(H,19,22)(H,20,23)/b18-10-. The van der Waals surface area contributed by atoms with Crippen LogP contribution in [0.4, 0.5) is 11.4 Å². The van der Waals surface area contributed by atoms with Gasteiger partial charge in [-0.25, -0.2) is 5.43 Å². The Morgan fingerprint density at radius 2 is 1.70 bits per heavy atom. The average Bonchev–Trinajstić information content (AvgIpc) is 2.68. The molecule has 0 heterocycles. The van der Waals surface area contributed by atoms with Crippen LogP contribution < -0.4 is 20.2 Å². The number of carbonyl (C=O) groups is 2. The van der Waals surface area contributed by atoms with E-state index in [4.69, 9.17) is 9.47 Å². The molecular formula is C17H16N4O6. The molecule has 0 atom stereocenters. The van der Waals surface area contributed by atoms with Gasteiger partial charge in [0.25, 0.3) is 5.69 Å². The second kappa shape index (κ2) is 8.94. The van der Waals surface area contributed by atoms with Crippen LogP contribution in [0.25, 0.3) is 0 Å². The fourth-order valence-corrected chi connectivity index (χ4v) is 2.00. The monoisotopic (exact) mass is 372 g/mol. The van der Waals surface area contributed by atoms with Crippen LogP contribution in [0.3, 0.4) is 0 Å². The summed E-state index contributed by atoms with van der Waals surface area (Å²) in [5.74, 6) is -0.928. The van der Waals surface area contributed by atoms with Gasteiger partial charge in [-0.2, -0.15) is 5.10 Å². The Hall–Kier alpha value is -3.95. The van der Waals surface area contributed by atoms with Crippen molar-refractivity contribution in [2.45, 2.75) is 0 Å². The molecule has 10 nitrogen and oxygen atoms in total. The molecule has 2 N–H and O–H groups in total. The molecule has 2 aromatic rings. The first-order chi connectivity index (χ1) is 12.9. The number of rotatable bonds is 6. The van der Waals surface area contributed by atoms with Crippen molar-refractivity contribution in [3.8, 4) is 11.5 Å². The van der Waals surface area contributed by atoms with Gasteiger partial charge in [-0.05, 0) is 35.9 Å². The summed E-state index contributed by atoms with van der Waals surface area (Å²) in [5, 5.41) is 16.6. The largest absolute Gasteiger partial charge is 0.493 e. The van der Waals surface area contributed by atoms with Crippen LogP contribution in [-0.4, -0.2) is 37.2 Å². The van der Waals surface area contributed by atoms with Gasteiger partial charge in [0.2, 0.25) is 0 Å². The minimum absolute atomic E-state index is 0.128. The zero-order valence-corrected chi connectivity index (χ0v) is 14.5. The number of hydrogen-bond donors (Lipinski definition) is 2. The third-order valence-corrected chi connectivity index (χ3v) is 3.33. The first kappa shape index (κ1) is 19.4. The number of nitro groups is 1. The highest BCUT2D eigenvalue weighted by molar-refractivity contribution is 6.39. The van der Waals surface area contributed by atoms with Crippen LogP contribution in [0, 0.1) is 10.1 Å². The number of hydrogen-bond acceptors (Lipinski definition) is 7. The summed E-state index contributed by atoms with van der Waals surface area (Å²) in [6.45, 7) is 0. The van der Waals surface area contributed by atoms with E-state index in [1.54, 1.807) is 18.2 Å². The first-order valence-corrected chi connectivity index (χ1v) is 7.55. The van der Waals surface area contributed by atoms with Crippen molar-refractivity contribution in [3.05, 3.63) is 58.1 Å².